The molecule has 1 aromatic carbocycles. The van der Waals surface area contributed by atoms with Crippen molar-refractivity contribution in [3.05, 3.63) is 29.3 Å². The van der Waals surface area contributed by atoms with Crippen LogP contribution < -0.4 is 4.74 Å². The number of terminal acetylenes is 1. The SMILES string of the molecule is C#CCCCC(=O)c1ccc(OC)c(C)c1. The van der Waals surface area contributed by atoms with E-state index in [1.165, 1.54) is 0 Å². The Labute approximate surface area is 96.6 Å². The maximum atomic E-state index is 11.8. The highest BCUT2D eigenvalue weighted by molar-refractivity contribution is 5.96. The van der Waals surface area contributed by atoms with Gasteiger partial charge in [-0.3, -0.25) is 4.79 Å². The Morgan fingerprint density at radius 1 is 1.50 bits per heavy atom. The molecular weight excluding hydrogens is 200 g/mol. The van der Waals surface area contributed by atoms with E-state index >= 15 is 0 Å². The van der Waals surface area contributed by atoms with Crippen molar-refractivity contribution in [1.82, 2.24) is 0 Å². The van der Waals surface area contributed by atoms with Gasteiger partial charge < -0.3 is 4.74 Å². The molecule has 2 nitrogen and oxygen atoms in total. The number of carbonyl (C=O) groups is 1. The topological polar surface area (TPSA) is 26.3 Å². The van der Waals surface area contributed by atoms with E-state index in [1.54, 1.807) is 13.2 Å². The number of rotatable bonds is 5. The summed E-state index contributed by atoms with van der Waals surface area (Å²) in [5, 5.41) is 0. The van der Waals surface area contributed by atoms with Crippen molar-refractivity contribution in [1.29, 1.82) is 0 Å². The summed E-state index contributed by atoms with van der Waals surface area (Å²) in [6.45, 7) is 1.93. The highest BCUT2D eigenvalue weighted by Gasteiger charge is 2.07. The zero-order valence-corrected chi connectivity index (χ0v) is 9.75. The van der Waals surface area contributed by atoms with Gasteiger partial charge in [-0.05, 0) is 37.1 Å². The highest BCUT2D eigenvalue weighted by atomic mass is 16.5. The third-order valence-corrected chi connectivity index (χ3v) is 2.44. The summed E-state index contributed by atoms with van der Waals surface area (Å²) < 4.78 is 5.14. The zero-order valence-electron chi connectivity index (χ0n) is 9.75. The maximum Gasteiger partial charge on any atom is 0.162 e. The number of aryl methyl sites for hydroxylation is 1. The molecule has 0 aliphatic rings. The number of unbranched alkanes of at least 4 members (excludes halogenated alkanes) is 1. The molecule has 0 aliphatic carbocycles. The van der Waals surface area contributed by atoms with E-state index < -0.39 is 0 Å². The second-order valence-electron chi connectivity index (χ2n) is 3.67. The summed E-state index contributed by atoms with van der Waals surface area (Å²) in [7, 11) is 1.62. The van der Waals surface area contributed by atoms with Crippen LogP contribution >= 0.6 is 0 Å². The fourth-order valence-electron chi connectivity index (χ4n) is 1.55. The molecule has 16 heavy (non-hydrogen) atoms. The van der Waals surface area contributed by atoms with Crippen LogP contribution in [-0.2, 0) is 0 Å². The predicted octanol–water partition coefficient (Wildman–Crippen LogP) is 2.99. The molecule has 0 aromatic heterocycles. The van der Waals surface area contributed by atoms with Crippen LogP contribution in [-0.4, -0.2) is 12.9 Å². The van der Waals surface area contributed by atoms with Gasteiger partial charge >= 0.3 is 0 Å². The van der Waals surface area contributed by atoms with Crippen molar-refractivity contribution in [3.8, 4) is 18.1 Å². The van der Waals surface area contributed by atoms with Gasteiger partial charge in [0.25, 0.3) is 0 Å². The third kappa shape index (κ3) is 3.13. The normalized spacial score (nSPS) is 9.56. The lowest BCUT2D eigenvalue weighted by Gasteiger charge is -2.06. The van der Waals surface area contributed by atoms with E-state index in [9.17, 15) is 4.79 Å². The summed E-state index contributed by atoms with van der Waals surface area (Å²) in [4.78, 5) is 11.8. The number of benzene rings is 1. The second-order valence-corrected chi connectivity index (χ2v) is 3.67. The zero-order chi connectivity index (χ0) is 12.0. The number of Topliss-reactive ketones (excluding diaryl/α,β-unsaturated/α-hetero) is 1. The number of carbonyl (C=O) groups excluding carboxylic acids is 1. The number of methoxy groups -OCH3 is 1. The van der Waals surface area contributed by atoms with Crippen LogP contribution in [0.15, 0.2) is 18.2 Å². The molecule has 0 heterocycles. The Kier molecular flexibility index (Phi) is 4.60. The molecule has 0 unspecified atom stereocenters. The minimum atomic E-state index is 0.140. The summed E-state index contributed by atoms with van der Waals surface area (Å²) in [5.74, 6) is 3.48. The second kappa shape index (κ2) is 5.97. The lowest BCUT2D eigenvalue weighted by molar-refractivity contribution is 0.0980. The van der Waals surface area contributed by atoms with Crippen LogP contribution in [0, 0.1) is 19.3 Å². The van der Waals surface area contributed by atoms with Gasteiger partial charge in [-0.25, -0.2) is 0 Å². The van der Waals surface area contributed by atoms with Gasteiger partial charge in [0.05, 0.1) is 7.11 Å². The van der Waals surface area contributed by atoms with Gasteiger partial charge in [0.1, 0.15) is 5.75 Å². The van der Waals surface area contributed by atoms with Crippen molar-refractivity contribution < 1.29 is 9.53 Å². The average molecular weight is 216 g/mol. The Balaban J connectivity index is 2.70. The quantitative estimate of drug-likeness (QED) is 0.429. The van der Waals surface area contributed by atoms with Crippen LogP contribution in [0.5, 0.6) is 5.75 Å². The fourth-order valence-corrected chi connectivity index (χ4v) is 1.55. The molecular formula is C14H16O2. The van der Waals surface area contributed by atoms with Crippen LogP contribution in [0.2, 0.25) is 0 Å². The van der Waals surface area contributed by atoms with Crippen LogP contribution in [0.3, 0.4) is 0 Å². The Morgan fingerprint density at radius 3 is 2.81 bits per heavy atom. The Morgan fingerprint density at radius 2 is 2.25 bits per heavy atom. The van der Waals surface area contributed by atoms with E-state index in [0.717, 1.165) is 23.3 Å². The van der Waals surface area contributed by atoms with Gasteiger partial charge in [-0.15, -0.1) is 12.3 Å². The predicted molar refractivity (Wildman–Crippen MR) is 64.7 cm³/mol. The van der Waals surface area contributed by atoms with E-state index in [0.29, 0.717) is 12.8 Å². The fraction of sp³-hybridized carbons (Fsp3) is 0.357. The minimum absolute atomic E-state index is 0.140. The molecule has 0 atom stereocenters. The molecule has 1 aromatic rings. The first kappa shape index (κ1) is 12.3. The molecule has 2 heteroatoms. The monoisotopic (exact) mass is 216 g/mol. The summed E-state index contributed by atoms with van der Waals surface area (Å²) in [6.07, 6.45) is 7.05. The molecule has 0 bridgehead atoms. The smallest absolute Gasteiger partial charge is 0.162 e. The molecule has 84 valence electrons. The van der Waals surface area contributed by atoms with Crippen LogP contribution in [0.25, 0.3) is 0 Å². The summed E-state index contributed by atoms with van der Waals surface area (Å²) >= 11 is 0. The molecule has 0 saturated carbocycles. The third-order valence-electron chi connectivity index (χ3n) is 2.44. The van der Waals surface area contributed by atoms with E-state index in [2.05, 4.69) is 5.92 Å². The Hall–Kier alpha value is -1.75. The first-order valence-electron chi connectivity index (χ1n) is 5.30. The number of ketones is 1. The van der Waals surface area contributed by atoms with Gasteiger partial charge in [-0.1, -0.05) is 0 Å². The van der Waals surface area contributed by atoms with Crippen molar-refractivity contribution in [2.24, 2.45) is 0 Å². The number of hydrogen-bond donors (Lipinski definition) is 0. The molecule has 0 saturated heterocycles. The Bertz CT molecular complexity index is 413. The van der Waals surface area contributed by atoms with Crippen molar-refractivity contribution in [2.75, 3.05) is 7.11 Å². The van der Waals surface area contributed by atoms with Crippen molar-refractivity contribution in [2.45, 2.75) is 26.2 Å². The van der Waals surface area contributed by atoms with Gasteiger partial charge in [0.2, 0.25) is 0 Å². The van der Waals surface area contributed by atoms with E-state index in [1.807, 2.05) is 19.1 Å². The lowest BCUT2D eigenvalue weighted by Crippen LogP contribution is -2.00. The lowest BCUT2D eigenvalue weighted by atomic mass is 10.0. The van der Waals surface area contributed by atoms with Gasteiger partial charge in [0, 0.05) is 18.4 Å². The first-order chi connectivity index (χ1) is 7.69. The largest absolute Gasteiger partial charge is 0.496 e. The van der Waals surface area contributed by atoms with E-state index in [-0.39, 0.29) is 5.78 Å². The molecule has 0 amide bonds. The minimum Gasteiger partial charge on any atom is -0.496 e. The van der Waals surface area contributed by atoms with E-state index in [4.69, 9.17) is 11.2 Å². The van der Waals surface area contributed by atoms with Crippen molar-refractivity contribution >= 4 is 5.78 Å². The van der Waals surface area contributed by atoms with Crippen LogP contribution in [0.1, 0.15) is 35.2 Å². The maximum absolute atomic E-state index is 11.8. The summed E-state index contributed by atoms with van der Waals surface area (Å²) in [5.41, 5.74) is 1.71. The molecule has 0 fully saturated rings. The highest BCUT2D eigenvalue weighted by Crippen LogP contribution is 2.19. The average Bonchev–Trinajstić information content (AvgIpc) is 2.29. The number of ether oxygens (including phenoxy) is 1. The van der Waals surface area contributed by atoms with Gasteiger partial charge in [-0.2, -0.15) is 0 Å². The van der Waals surface area contributed by atoms with Crippen LogP contribution in [0.4, 0.5) is 0 Å². The molecule has 0 radical (unpaired) electrons. The van der Waals surface area contributed by atoms with Gasteiger partial charge in [0.15, 0.2) is 5.78 Å². The number of hydrogen-bond acceptors (Lipinski definition) is 2. The standard InChI is InChI=1S/C14H16O2/c1-4-5-6-7-13(15)12-8-9-14(16-3)11(2)10-12/h1,8-10H,5-7H2,2-3H3. The molecule has 0 N–H and O–H groups in total. The molecule has 0 aliphatic heterocycles. The molecule has 1 rings (SSSR count). The van der Waals surface area contributed by atoms with Crippen molar-refractivity contribution in [3.63, 3.8) is 0 Å². The summed E-state index contributed by atoms with van der Waals surface area (Å²) in [6, 6.07) is 5.48. The first-order valence-corrected chi connectivity index (χ1v) is 5.30. The molecule has 0 spiro atoms.